The van der Waals surface area contributed by atoms with Crippen LogP contribution in [-0.4, -0.2) is 22.6 Å². The minimum atomic E-state index is -3.83. The second-order valence-corrected chi connectivity index (χ2v) is 6.63. The molecule has 0 aliphatic carbocycles. The van der Waals surface area contributed by atoms with E-state index < -0.39 is 15.8 Å². The quantitative estimate of drug-likeness (QED) is 0.864. The van der Waals surface area contributed by atoms with Gasteiger partial charge in [0.1, 0.15) is 11.6 Å². The van der Waals surface area contributed by atoms with Crippen LogP contribution in [0, 0.1) is 5.82 Å². The van der Waals surface area contributed by atoms with Crippen molar-refractivity contribution < 1.29 is 17.5 Å². The van der Waals surface area contributed by atoms with Crippen LogP contribution in [0.2, 0.25) is 5.02 Å². The Bertz CT molecular complexity index is 765. The summed E-state index contributed by atoms with van der Waals surface area (Å²) in [5, 5.41) is 0.186. The number of hydrogen-bond donors (Lipinski definition) is 0. The number of rotatable bonds is 4. The van der Waals surface area contributed by atoms with Gasteiger partial charge in [0.25, 0.3) is 10.0 Å². The van der Waals surface area contributed by atoms with E-state index >= 15 is 0 Å². The molecule has 0 aliphatic heterocycles. The van der Waals surface area contributed by atoms with Crippen molar-refractivity contribution in [1.82, 2.24) is 0 Å². The van der Waals surface area contributed by atoms with Gasteiger partial charge in [0.15, 0.2) is 0 Å². The average Bonchev–Trinajstić information content (AvgIpc) is 2.46. The van der Waals surface area contributed by atoms with Crippen molar-refractivity contribution >= 4 is 27.3 Å². The molecule has 112 valence electrons. The molecule has 4 nitrogen and oxygen atoms in total. The Labute approximate surface area is 127 Å². The predicted molar refractivity (Wildman–Crippen MR) is 80.0 cm³/mol. The second-order valence-electron chi connectivity index (χ2n) is 4.25. The van der Waals surface area contributed by atoms with Crippen LogP contribution in [0.15, 0.2) is 47.4 Å². The summed E-state index contributed by atoms with van der Waals surface area (Å²) in [4.78, 5) is 0.0000567. The lowest BCUT2D eigenvalue weighted by Gasteiger charge is -2.20. The summed E-state index contributed by atoms with van der Waals surface area (Å²) in [5.74, 6) is -0.133. The summed E-state index contributed by atoms with van der Waals surface area (Å²) in [7, 11) is -1.04. The summed E-state index contributed by atoms with van der Waals surface area (Å²) in [6.07, 6.45) is 0. The Balaban J connectivity index is 2.44. The van der Waals surface area contributed by atoms with Gasteiger partial charge in [-0.25, -0.2) is 12.8 Å². The average molecular weight is 330 g/mol. The first-order valence-corrected chi connectivity index (χ1v) is 7.76. The number of benzene rings is 2. The minimum absolute atomic E-state index is 0.0000567. The Kier molecular flexibility index (Phi) is 4.39. The van der Waals surface area contributed by atoms with E-state index in [2.05, 4.69) is 0 Å². The van der Waals surface area contributed by atoms with Crippen LogP contribution in [0.4, 0.5) is 10.1 Å². The molecule has 7 heteroatoms. The third-order valence-corrected chi connectivity index (χ3v) is 5.03. The largest absolute Gasteiger partial charge is 0.495 e. The molecule has 2 aromatic rings. The lowest BCUT2D eigenvalue weighted by atomic mass is 10.3. The number of hydrogen-bond acceptors (Lipinski definition) is 3. The molecule has 0 bridgehead atoms. The van der Waals surface area contributed by atoms with Crippen LogP contribution in [0.3, 0.4) is 0 Å². The summed E-state index contributed by atoms with van der Waals surface area (Å²) >= 11 is 5.94. The van der Waals surface area contributed by atoms with Crippen LogP contribution in [0.5, 0.6) is 5.75 Å². The lowest BCUT2D eigenvalue weighted by molar-refractivity contribution is 0.414. The first-order chi connectivity index (χ1) is 9.86. The van der Waals surface area contributed by atoms with Crippen molar-refractivity contribution in [3.8, 4) is 5.75 Å². The minimum Gasteiger partial charge on any atom is -0.495 e. The topological polar surface area (TPSA) is 46.6 Å². The molecule has 21 heavy (non-hydrogen) atoms. The second kappa shape index (κ2) is 5.91. The summed E-state index contributed by atoms with van der Waals surface area (Å²) in [6, 6.07) is 9.48. The lowest BCUT2D eigenvalue weighted by Crippen LogP contribution is -2.26. The molecule has 0 aromatic heterocycles. The highest BCUT2D eigenvalue weighted by molar-refractivity contribution is 7.92. The monoisotopic (exact) mass is 329 g/mol. The highest BCUT2D eigenvalue weighted by atomic mass is 35.5. The zero-order valence-corrected chi connectivity index (χ0v) is 13.0. The van der Waals surface area contributed by atoms with Crippen molar-refractivity contribution in [2.24, 2.45) is 0 Å². The Morgan fingerprint density at radius 2 is 1.90 bits per heavy atom. The molecular weight excluding hydrogens is 317 g/mol. The van der Waals surface area contributed by atoms with Crippen LogP contribution >= 0.6 is 11.6 Å². The fraction of sp³-hybridized carbons (Fsp3) is 0.143. The van der Waals surface area contributed by atoms with Gasteiger partial charge in [-0.05, 0) is 36.4 Å². The third-order valence-electron chi connectivity index (χ3n) is 2.95. The van der Waals surface area contributed by atoms with Gasteiger partial charge in [0, 0.05) is 7.05 Å². The summed E-state index contributed by atoms with van der Waals surface area (Å²) < 4.78 is 44.2. The maximum atomic E-state index is 13.2. The van der Waals surface area contributed by atoms with Crippen molar-refractivity contribution in [2.45, 2.75) is 4.90 Å². The number of methoxy groups -OCH3 is 1. The molecule has 2 aromatic carbocycles. The van der Waals surface area contributed by atoms with Crippen LogP contribution < -0.4 is 9.04 Å². The number of ether oxygens (including phenoxy) is 1. The first-order valence-electron chi connectivity index (χ1n) is 5.94. The van der Waals surface area contributed by atoms with Gasteiger partial charge in [-0.2, -0.15) is 0 Å². The normalized spacial score (nSPS) is 11.2. The first kappa shape index (κ1) is 15.6. The Morgan fingerprint density at radius 3 is 2.48 bits per heavy atom. The number of halogens is 2. The zero-order valence-electron chi connectivity index (χ0n) is 11.4. The van der Waals surface area contributed by atoms with E-state index in [-0.39, 0.29) is 15.6 Å². The zero-order chi connectivity index (χ0) is 15.6. The number of nitrogens with zero attached hydrogens (tertiary/aromatic N) is 1. The van der Waals surface area contributed by atoms with E-state index in [4.69, 9.17) is 16.3 Å². The summed E-state index contributed by atoms with van der Waals surface area (Å²) in [5.41, 5.74) is 0.224. The van der Waals surface area contributed by atoms with Gasteiger partial charge in [0.2, 0.25) is 0 Å². The molecule has 2 rings (SSSR count). The molecule has 0 aliphatic rings. The third kappa shape index (κ3) is 3.11. The van der Waals surface area contributed by atoms with Crippen LogP contribution in [-0.2, 0) is 10.0 Å². The number of anilines is 1. The van der Waals surface area contributed by atoms with Gasteiger partial charge in [0.05, 0.1) is 22.7 Å². The molecule has 0 saturated carbocycles. The van der Waals surface area contributed by atoms with Gasteiger partial charge in [-0.15, -0.1) is 0 Å². The smallest absolute Gasteiger partial charge is 0.264 e. The Morgan fingerprint density at radius 1 is 1.19 bits per heavy atom. The van der Waals surface area contributed by atoms with Crippen molar-refractivity contribution in [3.05, 3.63) is 53.3 Å². The molecule has 0 saturated heterocycles. The van der Waals surface area contributed by atoms with Crippen molar-refractivity contribution in [1.29, 1.82) is 0 Å². The Hall–Kier alpha value is -1.79. The van der Waals surface area contributed by atoms with E-state index in [1.807, 2.05) is 0 Å². The maximum absolute atomic E-state index is 13.2. The molecule has 0 amide bonds. The van der Waals surface area contributed by atoms with Gasteiger partial charge in [-0.3, -0.25) is 4.31 Å². The molecule has 0 heterocycles. The van der Waals surface area contributed by atoms with Gasteiger partial charge < -0.3 is 4.74 Å². The molecule has 0 fully saturated rings. The highest BCUT2D eigenvalue weighted by Gasteiger charge is 2.22. The van der Waals surface area contributed by atoms with Crippen LogP contribution in [0.1, 0.15) is 0 Å². The molecule has 0 unspecified atom stereocenters. The van der Waals surface area contributed by atoms with E-state index in [0.717, 1.165) is 10.4 Å². The SMILES string of the molecule is COc1ccc(S(=O)(=O)N(C)c2cccc(F)c2)cc1Cl. The number of sulfonamides is 1. The van der Waals surface area contributed by atoms with E-state index in [0.29, 0.717) is 5.75 Å². The maximum Gasteiger partial charge on any atom is 0.264 e. The fourth-order valence-electron chi connectivity index (χ4n) is 1.78. The summed E-state index contributed by atoms with van der Waals surface area (Å²) in [6.45, 7) is 0. The molecule has 0 radical (unpaired) electrons. The van der Waals surface area contributed by atoms with Crippen molar-refractivity contribution in [2.75, 3.05) is 18.5 Å². The molecule has 0 spiro atoms. The van der Waals surface area contributed by atoms with E-state index in [1.54, 1.807) is 0 Å². The van der Waals surface area contributed by atoms with Crippen molar-refractivity contribution in [3.63, 3.8) is 0 Å². The molecule has 0 N–H and O–H groups in total. The van der Waals surface area contributed by atoms with Gasteiger partial charge >= 0.3 is 0 Å². The van der Waals surface area contributed by atoms with E-state index in [1.165, 1.54) is 50.6 Å². The standard InChI is InChI=1S/C14H13ClFNO3S/c1-17(11-5-3-4-10(16)8-11)21(18,19)12-6-7-14(20-2)13(15)9-12/h3-9H,1-2H3. The predicted octanol–water partition coefficient (Wildman–Crippen LogP) is 3.31. The highest BCUT2D eigenvalue weighted by Crippen LogP contribution is 2.29. The van der Waals surface area contributed by atoms with E-state index in [9.17, 15) is 12.8 Å². The fourth-order valence-corrected chi connectivity index (χ4v) is 3.31. The molecule has 0 atom stereocenters. The van der Waals surface area contributed by atoms with Gasteiger partial charge in [-0.1, -0.05) is 17.7 Å². The van der Waals surface area contributed by atoms with Crippen LogP contribution in [0.25, 0.3) is 0 Å². The molecular formula is C14H13ClFNO3S.